The highest BCUT2D eigenvalue weighted by atomic mass is 32.2. The van der Waals surface area contributed by atoms with Gasteiger partial charge in [-0.1, -0.05) is 5.16 Å². The maximum atomic E-state index is 11.9. The van der Waals surface area contributed by atoms with Crippen LogP contribution in [0.2, 0.25) is 0 Å². The first-order valence-corrected chi connectivity index (χ1v) is 8.73. The number of aromatic nitrogens is 1. The standard InChI is InChI=1S/C13H21N3O3S/c1-10-8-12(19-14-10)9-16-6-4-11(5-7-16)15-20(17,18)13-2-3-13/h8,11,13,15H,2-7,9H2,1H3. The molecule has 2 fully saturated rings. The van der Waals surface area contributed by atoms with Gasteiger partial charge in [-0.25, -0.2) is 13.1 Å². The minimum absolute atomic E-state index is 0.0910. The zero-order valence-corrected chi connectivity index (χ0v) is 12.5. The molecular formula is C13H21N3O3S. The molecule has 3 rings (SSSR count). The van der Waals surface area contributed by atoms with E-state index in [2.05, 4.69) is 14.8 Å². The Morgan fingerprint density at radius 3 is 2.60 bits per heavy atom. The van der Waals surface area contributed by atoms with Gasteiger partial charge >= 0.3 is 0 Å². The van der Waals surface area contributed by atoms with Gasteiger partial charge in [0.1, 0.15) is 0 Å². The van der Waals surface area contributed by atoms with E-state index >= 15 is 0 Å². The van der Waals surface area contributed by atoms with Crippen molar-refractivity contribution < 1.29 is 12.9 Å². The summed E-state index contributed by atoms with van der Waals surface area (Å²) in [4.78, 5) is 2.28. The van der Waals surface area contributed by atoms with Crippen molar-refractivity contribution in [2.45, 2.75) is 50.4 Å². The molecule has 1 aliphatic carbocycles. The fraction of sp³-hybridized carbons (Fsp3) is 0.769. The van der Waals surface area contributed by atoms with Gasteiger partial charge in [0.05, 0.1) is 17.5 Å². The van der Waals surface area contributed by atoms with Crippen molar-refractivity contribution in [3.63, 3.8) is 0 Å². The molecule has 0 bridgehead atoms. The van der Waals surface area contributed by atoms with E-state index in [1.165, 1.54) is 0 Å². The smallest absolute Gasteiger partial charge is 0.214 e. The van der Waals surface area contributed by atoms with Crippen molar-refractivity contribution >= 4 is 10.0 Å². The molecule has 1 saturated heterocycles. The quantitative estimate of drug-likeness (QED) is 0.879. The molecule has 6 nitrogen and oxygen atoms in total. The second-order valence-electron chi connectivity index (χ2n) is 5.85. The molecule has 112 valence electrons. The normalized spacial score (nSPS) is 22.2. The predicted molar refractivity (Wildman–Crippen MR) is 74.6 cm³/mol. The van der Waals surface area contributed by atoms with E-state index in [4.69, 9.17) is 4.52 Å². The third-order valence-electron chi connectivity index (χ3n) is 3.94. The number of sulfonamides is 1. The lowest BCUT2D eigenvalue weighted by Crippen LogP contribution is -2.45. The van der Waals surface area contributed by atoms with Crippen molar-refractivity contribution in [3.05, 3.63) is 17.5 Å². The molecule has 2 heterocycles. The van der Waals surface area contributed by atoms with Gasteiger partial charge in [0, 0.05) is 25.2 Å². The maximum absolute atomic E-state index is 11.9. The SMILES string of the molecule is Cc1cc(CN2CCC(NS(=O)(=O)C3CC3)CC2)on1. The first-order chi connectivity index (χ1) is 9.53. The van der Waals surface area contributed by atoms with Crippen LogP contribution in [0.15, 0.2) is 10.6 Å². The Balaban J connectivity index is 1.47. The first-order valence-electron chi connectivity index (χ1n) is 7.18. The van der Waals surface area contributed by atoms with E-state index < -0.39 is 10.0 Å². The van der Waals surface area contributed by atoms with Gasteiger partial charge in [-0.2, -0.15) is 0 Å². The molecule has 0 unspecified atom stereocenters. The molecule has 1 aliphatic heterocycles. The lowest BCUT2D eigenvalue weighted by molar-refractivity contribution is 0.180. The van der Waals surface area contributed by atoms with E-state index in [-0.39, 0.29) is 11.3 Å². The van der Waals surface area contributed by atoms with Crippen molar-refractivity contribution in [2.75, 3.05) is 13.1 Å². The average Bonchev–Trinajstić information content (AvgIpc) is 3.17. The number of aryl methyl sites for hydroxylation is 1. The van der Waals surface area contributed by atoms with Crippen LogP contribution in [0.5, 0.6) is 0 Å². The lowest BCUT2D eigenvalue weighted by atomic mass is 10.1. The van der Waals surface area contributed by atoms with Crippen LogP contribution in [0.4, 0.5) is 0 Å². The number of hydrogen-bond donors (Lipinski definition) is 1. The van der Waals surface area contributed by atoms with Crippen LogP contribution in [0.3, 0.4) is 0 Å². The summed E-state index contributed by atoms with van der Waals surface area (Å²) in [6.45, 7) is 4.43. The fourth-order valence-electron chi connectivity index (χ4n) is 2.63. The van der Waals surface area contributed by atoms with E-state index in [1.54, 1.807) is 0 Å². The summed E-state index contributed by atoms with van der Waals surface area (Å²) < 4.78 is 31.8. The summed E-state index contributed by atoms with van der Waals surface area (Å²) >= 11 is 0. The van der Waals surface area contributed by atoms with E-state index in [0.717, 1.165) is 56.8 Å². The Hall–Kier alpha value is -0.920. The molecule has 0 atom stereocenters. The van der Waals surface area contributed by atoms with Crippen LogP contribution in [0.1, 0.15) is 37.1 Å². The summed E-state index contributed by atoms with van der Waals surface area (Å²) in [6, 6.07) is 2.04. The molecule has 1 saturated carbocycles. The molecular weight excluding hydrogens is 278 g/mol. The minimum Gasteiger partial charge on any atom is -0.360 e. The summed E-state index contributed by atoms with van der Waals surface area (Å²) in [5, 5.41) is 3.75. The van der Waals surface area contributed by atoms with E-state index in [0.29, 0.717) is 0 Å². The number of nitrogens with one attached hydrogen (secondary N) is 1. The number of piperidine rings is 1. The van der Waals surface area contributed by atoms with Gasteiger partial charge in [0.15, 0.2) is 5.76 Å². The number of likely N-dealkylation sites (tertiary alicyclic amines) is 1. The van der Waals surface area contributed by atoms with Gasteiger partial charge in [-0.3, -0.25) is 4.90 Å². The summed E-state index contributed by atoms with van der Waals surface area (Å²) in [6.07, 6.45) is 3.36. The van der Waals surface area contributed by atoms with Crippen molar-refractivity contribution in [1.29, 1.82) is 0 Å². The van der Waals surface area contributed by atoms with E-state index in [9.17, 15) is 8.42 Å². The third kappa shape index (κ3) is 3.39. The second kappa shape index (κ2) is 5.46. The molecule has 0 radical (unpaired) electrons. The molecule has 1 aromatic rings. The van der Waals surface area contributed by atoms with Crippen molar-refractivity contribution in [2.24, 2.45) is 0 Å². The molecule has 1 aromatic heterocycles. The van der Waals surface area contributed by atoms with Crippen molar-refractivity contribution in [3.8, 4) is 0 Å². The van der Waals surface area contributed by atoms with Crippen LogP contribution >= 0.6 is 0 Å². The molecule has 0 spiro atoms. The van der Waals surface area contributed by atoms with Gasteiger partial charge < -0.3 is 4.52 Å². The topological polar surface area (TPSA) is 75.4 Å². The zero-order chi connectivity index (χ0) is 14.2. The third-order valence-corrected chi connectivity index (χ3v) is 5.95. The van der Waals surface area contributed by atoms with Gasteiger partial charge in [-0.15, -0.1) is 0 Å². The minimum atomic E-state index is -3.06. The molecule has 7 heteroatoms. The average molecular weight is 299 g/mol. The first kappa shape index (κ1) is 14.0. The number of hydrogen-bond acceptors (Lipinski definition) is 5. The highest BCUT2D eigenvalue weighted by molar-refractivity contribution is 7.90. The van der Waals surface area contributed by atoms with Crippen LogP contribution in [0, 0.1) is 6.92 Å². The summed E-state index contributed by atoms with van der Waals surface area (Å²) in [5.74, 6) is 0.875. The molecule has 0 aromatic carbocycles. The highest BCUT2D eigenvalue weighted by Crippen LogP contribution is 2.28. The largest absolute Gasteiger partial charge is 0.360 e. The summed E-state index contributed by atoms with van der Waals surface area (Å²) in [7, 11) is -3.06. The Morgan fingerprint density at radius 2 is 2.05 bits per heavy atom. The predicted octanol–water partition coefficient (Wildman–Crippen LogP) is 1.03. The monoisotopic (exact) mass is 299 g/mol. The Kier molecular flexibility index (Phi) is 3.83. The van der Waals surface area contributed by atoms with Crippen LogP contribution in [0.25, 0.3) is 0 Å². The van der Waals surface area contributed by atoms with Gasteiger partial charge in [-0.05, 0) is 32.6 Å². The van der Waals surface area contributed by atoms with Crippen LogP contribution in [-0.2, 0) is 16.6 Å². The molecule has 20 heavy (non-hydrogen) atoms. The molecule has 2 aliphatic rings. The van der Waals surface area contributed by atoms with Crippen LogP contribution in [-0.4, -0.2) is 42.9 Å². The van der Waals surface area contributed by atoms with Crippen molar-refractivity contribution in [1.82, 2.24) is 14.8 Å². The summed E-state index contributed by atoms with van der Waals surface area (Å²) in [5.41, 5.74) is 0.895. The fourth-order valence-corrected chi connectivity index (χ4v) is 4.28. The highest BCUT2D eigenvalue weighted by Gasteiger charge is 2.37. The lowest BCUT2D eigenvalue weighted by Gasteiger charge is -2.31. The Bertz CT molecular complexity index is 557. The maximum Gasteiger partial charge on any atom is 0.214 e. The number of nitrogens with zero attached hydrogens (tertiary/aromatic N) is 2. The van der Waals surface area contributed by atoms with Gasteiger partial charge in [0.25, 0.3) is 0 Å². The molecule has 1 N–H and O–H groups in total. The zero-order valence-electron chi connectivity index (χ0n) is 11.7. The van der Waals surface area contributed by atoms with Gasteiger partial charge in [0.2, 0.25) is 10.0 Å². The van der Waals surface area contributed by atoms with E-state index in [1.807, 2.05) is 13.0 Å². The van der Waals surface area contributed by atoms with Crippen LogP contribution < -0.4 is 4.72 Å². The molecule has 0 amide bonds. The Morgan fingerprint density at radius 1 is 1.35 bits per heavy atom. The second-order valence-corrected chi connectivity index (χ2v) is 7.84. The number of rotatable bonds is 5. The Labute approximate surface area is 119 Å².